The van der Waals surface area contributed by atoms with Crippen molar-refractivity contribution in [3.63, 3.8) is 0 Å². The van der Waals surface area contributed by atoms with Gasteiger partial charge >= 0.3 is 0 Å². The highest BCUT2D eigenvalue weighted by Gasteiger charge is 2.23. The van der Waals surface area contributed by atoms with E-state index in [1.807, 2.05) is 11.8 Å². The Bertz CT molecular complexity index is 484. The molecule has 1 saturated heterocycles. The number of nitrogens with one attached hydrogen (secondary N) is 1. The zero-order chi connectivity index (χ0) is 12.3. The van der Waals surface area contributed by atoms with Crippen LogP contribution in [0.15, 0.2) is 23.2 Å². The van der Waals surface area contributed by atoms with Gasteiger partial charge in [0.1, 0.15) is 10.7 Å². The number of nitrogens with two attached hydrogens (primary N) is 1. The zero-order valence-electron chi connectivity index (χ0n) is 9.30. The van der Waals surface area contributed by atoms with E-state index >= 15 is 0 Å². The van der Waals surface area contributed by atoms with Crippen LogP contribution < -0.4 is 10.5 Å². The molecule has 17 heavy (non-hydrogen) atoms. The Morgan fingerprint density at radius 1 is 1.41 bits per heavy atom. The Kier molecular flexibility index (Phi) is 3.90. The Labute approximate surface area is 105 Å². The normalized spacial score (nSPS) is 18.1. The number of thioether (sulfide) groups is 1. The summed E-state index contributed by atoms with van der Waals surface area (Å²) in [5.41, 5.74) is 5.58. The number of nitrogen functional groups attached to an aromatic ring is 1. The van der Waals surface area contributed by atoms with Crippen molar-refractivity contribution in [3.8, 4) is 0 Å². The molecule has 0 aromatic carbocycles. The van der Waals surface area contributed by atoms with E-state index in [2.05, 4.69) is 9.71 Å². The first-order valence-electron chi connectivity index (χ1n) is 5.40. The molecule has 0 spiro atoms. The Morgan fingerprint density at radius 2 is 2.12 bits per heavy atom. The Morgan fingerprint density at radius 3 is 2.76 bits per heavy atom. The quantitative estimate of drug-likeness (QED) is 0.852. The predicted molar refractivity (Wildman–Crippen MR) is 69.3 cm³/mol. The summed E-state index contributed by atoms with van der Waals surface area (Å²) >= 11 is 1.85. The summed E-state index contributed by atoms with van der Waals surface area (Å²) in [6.07, 6.45) is 3.21. The summed E-state index contributed by atoms with van der Waals surface area (Å²) in [6, 6.07) is 3.06. The molecule has 1 aliphatic rings. The van der Waals surface area contributed by atoms with E-state index < -0.39 is 10.0 Å². The summed E-state index contributed by atoms with van der Waals surface area (Å²) in [4.78, 5) is 3.86. The summed E-state index contributed by atoms with van der Waals surface area (Å²) < 4.78 is 26.9. The molecule has 0 radical (unpaired) electrons. The van der Waals surface area contributed by atoms with Crippen LogP contribution in [0.1, 0.15) is 12.8 Å². The minimum absolute atomic E-state index is 0.0147. The minimum atomic E-state index is -3.54. The molecule has 0 unspecified atom stereocenters. The number of pyridine rings is 1. The van der Waals surface area contributed by atoms with Gasteiger partial charge in [-0.05, 0) is 36.5 Å². The molecule has 94 valence electrons. The van der Waals surface area contributed by atoms with Crippen molar-refractivity contribution in [3.05, 3.63) is 18.3 Å². The Balaban J connectivity index is 2.16. The zero-order valence-corrected chi connectivity index (χ0v) is 10.9. The lowest BCUT2D eigenvalue weighted by atomic mass is 10.2. The van der Waals surface area contributed by atoms with E-state index in [1.54, 1.807) is 6.07 Å². The van der Waals surface area contributed by atoms with E-state index in [4.69, 9.17) is 5.73 Å². The Hall–Kier alpha value is -0.790. The molecule has 5 nitrogen and oxygen atoms in total. The molecule has 2 rings (SSSR count). The first kappa shape index (κ1) is 12.7. The summed E-state index contributed by atoms with van der Waals surface area (Å²) in [5, 5.41) is 0. The molecule has 3 N–H and O–H groups in total. The van der Waals surface area contributed by atoms with E-state index in [9.17, 15) is 8.42 Å². The van der Waals surface area contributed by atoms with Gasteiger partial charge in [0.25, 0.3) is 0 Å². The maximum absolute atomic E-state index is 12.1. The lowest BCUT2D eigenvalue weighted by Crippen LogP contribution is -2.37. The number of sulfonamides is 1. The molecule has 7 heteroatoms. The molecule has 0 amide bonds. The van der Waals surface area contributed by atoms with Crippen molar-refractivity contribution in [2.24, 2.45) is 0 Å². The van der Waals surface area contributed by atoms with Crippen molar-refractivity contribution in [2.45, 2.75) is 23.8 Å². The molecule has 0 aliphatic carbocycles. The molecule has 0 bridgehead atoms. The summed E-state index contributed by atoms with van der Waals surface area (Å²) in [6.45, 7) is 0. The topological polar surface area (TPSA) is 85.1 Å². The number of nitrogens with zero attached hydrogens (tertiary/aromatic N) is 1. The molecule has 0 saturated carbocycles. The molecular formula is C10H15N3O2S2. The largest absolute Gasteiger partial charge is 0.383 e. The van der Waals surface area contributed by atoms with Crippen LogP contribution >= 0.6 is 11.8 Å². The average Bonchev–Trinajstić information content (AvgIpc) is 2.30. The molecule has 1 aliphatic heterocycles. The van der Waals surface area contributed by atoms with Crippen LogP contribution in [0.4, 0.5) is 5.82 Å². The van der Waals surface area contributed by atoms with Gasteiger partial charge in [-0.3, -0.25) is 0 Å². The smallest absolute Gasteiger partial charge is 0.244 e. The van der Waals surface area contributed by atoms with Crippen molar-refractivity contribution in [1.29, 1.82) is 0 Å². The van der Waals surface area contributed by atoms with Crippen LogP contribution in [0.25, 0.3) is 0 Å². The first-order chi connectivity index (χ1) is 8.09. The van der Waals surface area contributed by atoms with Gasteiger partial charge in [0, 0.05) is 12.2 Å². The fourth-order valence-electron chi connectivity index (χ4n) is 1.73. The number of hydrogen-bond acceptors (Lipinski definition) is 5. The van der Waals surface area contributed by atoms with E-state index in [-0.39, 0.29) is 16.8 Å². The van der Waals surface area contributed by atoms with Gasteiger partial charge in [-0.2, -0.15) is 11.8 Å². The van der Waals surface area contributed by atoms with Crippen molar-refractivity contribution in [2.75, 3.05) is 17.2 Å². The number of hydrogen-bond donors (Lipinski definition) is 2. The van der Waals surface area contributed by atoms with Gasteiger partial charge in [-0.25, -0.2) is 18.1 Å². The highest BCUT2D eigenvalue weighted by Crippen LogP contribution is 2.20. The van der Waals surface area contributed by atoms with Crippen LogP contribution in [0.2, 0.25) is 0 Å². The molecule has 1 fully saturated rings. The highest BCUT2D eigenvalue weighted by atomic mass is 32.2. The van der Waals surface area contributed by atoms with E-state index in [0.717, 1.165) is 24.3 Å². The van der Waals surface area contributed by atoms with Gasteiger partial charge in [-0.15, -0.1) is 0 Å². The van der Waals surface area contributed by atoms with Crippen LogP contribution in [0, 0.1) is 0 Å². The molecule has 2 heterocycles. The minimum Gasteiger partial charge on any atom is -0.383 e. The fourth-order valence-corrected chi connectivity index (χ4v) is 4.22. The van der Waals surface area contributed by atoms with Crippen LogP contribution in [-0.2, 0) is 10.0 Å². The lowest BCUT2D eigenvalue weighted by molar-refractivity contribution is 0.529. The molecule has 1 aromatic rings. The summed E-state index contributed by atoms with van der Waals surface area (Å²) in [5.74, 6) is 2.04. The van der Waals surface area contributed by atoms with Crippen molar-refractivity contribution >= 4 is 27.6 Å². The number of rotatable bonds is 3. The van der Waals surface area contributed by atoms with Crippen LogP contribution in [-0.4, -0.2) is 30.9 Å². The van der Waals surface area contributed by atoms with Gasteiger partial charge < -0.3 is 5.73 Å². The second-order valence-electron chi connectivity index (χ2n) is 3.89. The fraction of sp³-hybridized carbons (Fsp3) is 0.500. The van der Waals surface area contributed by atoms with Gasteiger partial charge in [0.15, 0.2) is 0 Å². The summed E-state index contributed by atoms with van der Waals surface area (Å²) in [7, 11) is -3.54. The van der Waals surface area contributed by atoms with Gasteiger partial charge in [0.05, 0.1) is 0 Å². The molecule has 1 aromatic heterocycles. The SMILES string of the molecule is Nc1ncccc1S(=O)(=O)NC1CCSCC1. The second kappa shape index (κ2) is 5.24. The van der Waals surface area contributed by atoms with Crippen LogP contribution in [0.3, 0.4) is 0 Å². The third-order valence-electron chi connectivity index (χ3n) is 2.63. The van der Waals surface area contributed by atoms with E-state index in [0.29, 0.717) is 0 Å². The second-order valence-corrected chi connectivity index (χ2v) is 6.80. The monoisotopic (exact) mass is 273 g/mol. The average molecular weight is 273 g/mol. The third-order valence-corrected chi connectivity index (χ3v) is 5.25. The van der Waals surface area contributed by atoms with Crippen molar-refractivity contribution in [1.82, 2.24) is 9.71 Å². The third kappa shape index (κ3) is 3.11. The first-order valence-corrected chi connectivity index (χ1v) is 8.04. The molecule has 0 atom stereocenters. The maximum atomic E-state index is 12.1. The van der Waals surface area contributed by atoms with Crippen molar-refractivity contribution < 1.29 is 8.42 Å². The molecular weight excluding hydrogens is 258 g/mol. The van der Waals surface area contributed by atoms with E-state index in [1.165, 1.54) is 12.3 Å². The van der Waals surface area contributed by atoms with Gasteiger partial charge in [0.2, 0.25) is 10.0 Å². The maximum Gasteiger partial charge on any atom is 0.244 e. The number of anilines is 1. The predicted octanol–water partition coefficient (Wildman–Crippen LogP) is 0.838. The number of aromatic nitrogens is 1. The van der Waals surface area contributed by atoms with Gasteiger partial charge in [-0.1, -0.05) is 0 Å². The van der Waals surface area contributed by atoms with Crippen LogP contribution in [0.5, 0.6) is 0 Å². The highest BCUT2D eigenvalue weighted by molar-refractivity contribution is 7.99. The standard InChI is InChI=1S/C10H15N3O2S2/c11-10-9(2-1-5-12-10)17(14,15)13-8-3-6-16-7-4-8/h1-2,5,8,13H,3-4,6-7H2,(H2,11,12). The lowest BCUT2D eigenvalue weighted by Gasteiger charge is -2.22.